The van der Waals surface area contributed by atoms with Crippen LogP contribution in [0.2, 0.25) is 0 Å². The van der Waals surface area contributed by atoms with E-state index in [1.807, 2.05) is 18.9 Å². The molecule has 0 bridgehead atoms. The van der Waals surface area contributed by atoms with Gasteiger partial charge in [-0.3, -0.25) is 4.79 Å². The molecule has 6 heteroatoms. The molecule has 1 aliphatic carbocycles. The summed E-state index contributed by atoms with van der Waals surface area (Å²) in [5.74, 6) is 0.0958. The molecule has 1 saturated carbocycles. The molecule has 0 aromatic carbocycles. The Morgan fingerprint density at radius 2 is 2.20 bits per heavy atom. The minimum atomic E-state index is -0.102. The first-order valence-corrected chi connectivity index (χ1v) is 7.53. The molecule has 1 aromatic heterocycles. The lowest BCUT2D eigenvalue weighted by Gasteiger charge is -2.31. The normalized spacial score (nSPS) is 17.9. The molecule has 2 rings (SSSR count). The van der Waals surface area contributed by atoms with Crippen molar-refractivity contribution in [2.75, 3.05) is 7.05 Å². The van der Waals surface area contributed by atoms with Gasteiger partial charge in [0.1, 0.15) is 6.54 Å². The molecule has 1 fully saturated rings. The average molecular weight is 279 g/mol. The Balaban J connectivity index is 1.91. The largest absolute Gasteiger partial charge is 0.341 e. The van der Waals surface area contributed by atoms with Gasteiger partial charge in [-0.1, -0.05) is 31.4 Å². The predicted octanol–water partition coefficient (Wildman–Crippen LogP) is 1.48. The summed E-state index contributed by atoms with van der Waals surface area (Å²) >= 11 is 0. The van der Waals surface area contributed by atoms with Gasteiger partial charge in [0.2, 0.25) is 5.91 Å². The third kappa shape index (κ3) is 3.56. The van der Waals surface area contributed by atoms with E-state index in [9.17, 15) is 4.79 Å². The number of nitrogens with two attached hydrogens (primary N) is 1. The third-order valence-electron chi connectivity index (χ3n) is 4.19. The number of hydrogen-bond acceptors (Lipinski definition) is 4. The van der Waals surface area contributed by atoms with Crippen LogP contribution in [0.15, 0.2) is 6.20 Å². The van der Waals surface area contributed by atoms with Gasteiger partial charge in [-0.25, -0.2) is 4.68 Å². The number of amides is 1. The zero-order valence-corrected chi connectivity index (χ0v) is 12.5. The van der Waals surface area contributed by atoms with E-state index in [1.165, 1.54) is 19.3 Å². The van der Waals surface area contributed by atoms with Crippen LogP contribution in [-0.4, -0.2) is 38.9 Å². The molecule has 1 amide bonds. The van der Waals surface area contributed by atoms with Crippen molar-refractivity contribution in [2.45, 2.75) is 64.1 Å². The zero-order valence-electron chi connectivity index (χ0n) is 12.5. The molecule has 1 aromatic rings. The molecule has 0 radical (unpaired) electrons. The van der Waals surface area contributed by atoms with Crippen LogP contribution in [0.1, 0.15) is 57.2 Å². The molecular weight excluding hydrogens is 254 g/mol. The Morgan fingerprint density at radius 1 is 1.50 bits per heavy atom. The Morgan fingerprint density at radius 3 is 2.85 bits per heavy atom. The number of hydrogen-bond donors (Lipinski definition) is 1. The summed E-state index contributed by atoms with van der Waals surface area (Å²) in [4.78, 5) is 14.1. The summed E-state index contributed by atoms with van der Waals surface area (Å²) in [7, 11) is 1.90. The highest BCUT2D eigenvalue weighted by Crippen LogP contribution is 2.21. The first kappa shape index (κ1) is 15.0. The Labute approximate surface area is 120 Å². The van der Waals surface area contributed by atoms with Crippen LogP contribution in [0.3, 0.4) is 0 Å². The molecule has 0 aliphatic heterocycles. The van der Waals surface area contributed by atoms with Crippen molar-refractivity contribution in [3.05, 3.63) is 11.9 Å². The molecule has 20 heavy (non-hydrogen) atoms. The van der Waals surface area contributed by atoms with Crippen LogP contribution in [0.25, 0.3) is 0 Å². The predicted molar refractivity (Wildman–Crippen MR) is 76.9 cm³/mol. The number of carbonyl (C=O) groups excluding carboxylic acids is 1. The monoisotopic (exact) mass is 279 g/mol. The second kappa shape index (κ2) is 6.83. The Kier molecular flexibility index (Phi) is 5.11. The second-order valence-electron chi connectivity index (χ2n) is 5.65. The van der Waals surface area contributed by atoms with Crippen molar-refractivity contribution in [3.8, 4) is 0 Å². The van der Waals surface area contributed by atoms with Crippen molar-refractivity contribution < 1.29 is 4.79 Å². The molecular formula is C14H25N5O. The van der Waals surface area contributed by atoms with Crippen LogP contribution in [0.5, 0.6) is 0 Å². The van der Waals surface area contributed by atoms with E-state index >= 15 is 0 Å². The smallest absolute Gasteiger partial charge is 0.244 e. The van der Waals surface area contributed by atoms with Gasteiger partial charge in [0, 0.05) is 13.1 Å². The van der Waals surface area contributed by atoms with E-state index in [4.69, 9.17) is 5.73 Å². The zero-order chi connectivity index (χ0) is 14.5. The number of rotatable bonds is 5. The lowest BCUT2D eigenvalue weighted by atomic mass is 9.94. The van der Waals surface area contributed by atoms with Crippen molar-refractivity contribution >= 4 is 5.91 Å². The maximum Gasteiger partial charge on any atom is 0.244 e. The highest BCUT2D eigenvalue weighted by Gasteiger charge is 2.22. The first-order valence-electron chi connectivity index (χ1n) is 7.53. The van der Waals surface area contributed by atoms with Crippen molar-refractivity contribution in [2.24, 2.45) is 5.73 Å². The Bertz CT molecular complexity index is 439. The minimum Gasteiger partial charge on any atom is -0.341 e. The van der Waals surface area contributed by atoms with Crippen LogP contribution in [-0.2, 0) is 11.3 Å². The summed E-state index contributed by atoms with van der Waals surface area (Å²) in [6, 6.07) is 0.284. The van der Waals surface area contributed by atoms with E-state index in [0.29, 0.717) is 6.04 Å². The molecule has 1 unspecified atom stereocenters. The van der Waals surface area contributed by atoms with Gasteiger partial charge >= 0.3 is 0 Å². The van der Waals surface area contributed by atoms with Crippen LogP contribution in [0, 0.1) is 0 Å². The highest BCUT2D eigenvalue weighted by atomic mass is 16.2. The standard InChI is InChI=1S/C14H25N5O/c1-3-12(15)13-9-19(17-16-13)10-14(20)18(2)11-7-5-4-6-8-11/h9,11-12H,3-8,10,15H2,1-2H3. The van der Waals surface area contributed by atoms with E-state index < -0.39 is 0 Å². The topological polar surface area (TPSA) is 77.0 Å². The van der Waals surface area contributed by atoms with Gasteiger partial charge in [0.05, 0.1) is 17.9 Å². The molecule has 6 nitrogen and oxygen atoms in total. The van der Waals surface area contributed by atoms with Crippen molar-refractivity contribution in [1.29, 1.82) is 0 Å². The fourth-order valence-corrected chi connectivity index (χ4v) is 2.69. The van der Waals surface area contributed by atoms with E-state index in [-0.39, 0.29) is 18.5 Å². The average Bonchev–Trinajstić information content (AvgIpc) is 2.95. The Hall–Kier alpha value is -1.43. The quantitative estimate of drug-likeness (QED) is 0.885. The number of carbonyl (C=O) groups is 1. The van der Waals surface area contributed by atoms with Gasteiger partial charge in [-0.2, -0.15) is 0 Å². The molecule has 1 atom stereocenters. The van der Waals surface area contributed by atoms with E-state index in [1.54, 1.807) is 10.9 Å². The van der Waals surface area contributed by atoms with Crippen molar-refractivity contribution in [3.63, 3.8) is 0 Å². The summed E-state index contributed by atoms with van der Waals surface area (Å²) in [6.45, 7) is 2.25. The van der Waals surface area contributed by atoms with Gasteiger partial charge in [-0.15, -0.1) is 5.10 Å². The van der Waals surface area contributed by atoms with Crippen LogP contribution >= 0.6 is 0 Å². The maximum atomic E-state index is 12.3. The van der Waals surface area contributed by atoms with Crippen molar-refractivity contribution in [1.82, 2.24) is 19.9 Å². The third-order valence-corrected chi connectivity index (χ3v) is 4.19. The highest BCUT2D eigenvalue weighted by molar-refractivity contribution is 5.75. The summed E-state index contributed by atoms with van der Waals surface area (Å²) < 4.78 is 1.59. The van der Waals surface area contributed by atoms with Crippen LogP contribution in [0.4, 0.5) is 0 Å². The fourth-order valence-electron chi connectivity index (χ4n) is 2.69. The van der Waals surface area contributed by atoms with E-state index in [2.05, 4.69) is 10.3 Å². The number of nitrogens with zero attached hydrogens (tertiary/aromatic N) is 4. The van der Waals surface area contributed by atoms with Crippen LogP contribution < -0.4 is 5.73 Å². The molecule has 2 N–H and O–H groups in total. The molecule has 112 valence electrons. The summed E-state index contributed by atoms with van der Waals surface area (Å²) in [5.41, 5.74) is 6.65. The molecule has 1 heterocycles. The maximum absolute atomic E-state index is 12.3. The SMILES string of the molecule is CCC(N)c1cn(CC(=O)N(C)C2CCCCC2)nn1. The summed E-state index contributed by atoms with van der Waals surface area (Å²) in [5, 5.41) is 8.02. The van der Waals surface area contributed by atoms with E-state index in [0.717, 1.165) is 25.0 Å². The summed E-state index contributed by atoms with van der Waals surface area (Å²) in [6.07, 6.45) is 8.56. The van der Waals surface area contributed by atoms with Gasteiger partial charge in [0.15, 0.2) is 0 Å². The second-order valence-corrected chi connectivity index (χ2v) is 5.65. The minimum absolute atomic E-state index is 0.0958. The fraction of sp³-hybridized carbons (Fsp3) is 0.786. The molecule has 1 aliphatic rings. The van der Waals surface area contributed by atoms with Gasteiger partial charge < -0.3 is 10.6 Å². The lowest BCUT2D eigenvalue weighted by Crippen LogP contribution is -2.40. The number of likely N-dealkylation sites (N-methyl/N-ethyl adjacent to an activating group) is 1. The first-order chi connectivity index (χ1) is 9.61. The molecule has 0 spiro atoms. The molecule has 0 saturated heterocycles. The number of aromatic nitrogens is 3. The van der Waals surface area contributed by atoms with Gasteiger partial charge in [-0.05, 0) is 19.3 Å². The lowest BCUT2D eigenvalue weighted by molar-refractivity contribution is -0.133. The van der Waals surface area contributed by atoms with Gasteiger partial charge in [0.25, 0.3) is 0 Å².